The lowest BCUT2D eigenvalue weighted by molar-refractivity contribution is 0.132. The summed E-state index contributed by atoms with van der Waals surface area (Å²) >= 11 is 0. The molecule has 13 heavy (non-hydrogen) atoms. The summed E-state index contributed by atoms with van der Waals surface area (Å²) in [6.07, 6.45) is 0.869. The van der Waals surface area contributed by atoms with Crippen molar-refractivity contribution in [2.24, 2.45) is 5.92 Å². The van der Waals surface area contributed by atoms with E-state index in [-0.39, 0.29) is 0 Å². The van der Waals surface area contributed by atoms with E-state index in [1.807, 2.05) is 20.8 Å². The molecule has 0 radical (unpaired) electrons. The van der Waals surface area contributed by atoms with Crippen LogP contribution in [0.4, 0.5) is 0 Å². The van der Waals surface area contributed by atoms with E-state index in [2.05, 4.69) is 6.92 Å². The number of hydrogen-bond donors (Lipinski definition) is 1. The zero-order valence-electron chi connectivity index (χ0n) is 8.64. The van der Waals surface area contributed by atoms with E-state index in [0.717, 1.165) is 29.1 Å². The third-order valence-corrected chi connectivity index (χ3v) is 3.27. The molecular weight excluding hydrogens is 164 g/mol. The van der Waals surface area contributed by atoms with Gasteiger partial charge in [-0.3, -0.25) is 0 Å². The fourth-order valence-electron chi connectivity index (χ4n) is 2.18. The molecule has 72 valence electrons. The van der Waals surface area contributed by atoms with Gasteiger partial charge < -0.3 is 9.52 Å². The molecule has 2 unspecified atom stereocenters. The van der Waals surface area contributed by atoms with Crippen molar-refractivity contribution in [3.05, 3.63) is 22.6 Å². The maximum Gasteiger partial charge on any atom is 0.107 e. The van der Waals surface area contributed by atoms with Crippen LogP contribution in [0.3, 0.4) is 0 Å². The van der Waals surface area contributed by atoms with Gasteiger partial charge >= 0.3 is 0 Å². The Morgan fingerprint density at radius 3 is 2.15 bits per heavy atom. The highest BCUT2D eigenvalue weighted by Gasteiger charge is 2.53. The molecule has 2 nitrogen and oxygen atoms in total. The van der Waals surface area contributed by atoms with Crippen LogP contribution < -0.4 is 0 Å². The van der Waals surface area contributed by atoms with Crippen LogP contribution in [0, 0.1) is 26.7 Å². The van der Waals surface area contributed by atoms with Gasteiger partial charge in [0.25, 0.3) is 0 Å². The van der Waals surface area contributed by atoms with Gasteiger partial charge in [0.15, 0.2) is 0 Å². The smallest absolute Gasteiger partial charge is 0.107 e. The highest BCUT2D eigenvalue weighted by molar-refractivity contribution is 5.40. The zero-order chi connectivity index (χ0) is 9.80. The first-order valence-electron chi connectivity index (χ1n) is 4.76. The Balaban J connectivity index is 2.52. The molecular formula is C11H16O2. The maximum absolute atomic E-state index is 10.2. The molecule has 2 heteroatoms. The van der Waals surface area contributed by atoms with Crippen molar-refractivity contribution in [2.45, 2.75) is 39.7 Å². The molecule has 1 aromatic rings. The molecule has 0 spiro atoms. The standard InChI is InChI=1S/C11H16O2/c1-6-5-11(6,12)10-7(2)8(3)13-9(10)4/h6,12H,5H2,1-4H3. The van der Waals surface area contributed by atoms with Crippen molar-refractivity contribution in [3.63, 3.8) is 0 Å². The quantitative estimate of drug-likeness (QED) is 0.720. The first-order chi connectivity index (χ1) is 5.97. The second-order valence-corrected chi connectivity index (χ2v) is 4.24. The summed E-state index contributed by atoms with van der Waals surface area (Å²) in [7, 11) is 0. The molecule has 1 aliphatic rings. The van der Waals surface area contributed by atoms with Crippen LogP contribution in [0.2, 0.25) is 0 Å². The van der Waals surface area contributed by atoms with Crippen LogP contribution in [0.25, 0.3) is 0 Å². The van der Waals surface area contributed by atoms with E-state index in [1.165, 1.54) is 0 Å². The highest BCUT2D eigenvalue weighted by Crippen LogP contribution is 2.54. The molecule has 0 amide bonds. The molecule has 1 heterocycles. The molecule has 0 saturated heterocycles. The molecule has 1 aliphatic carbocycles. The van der Waals surface area contributed by atoms with Crippen LogP contribution >= 0.6 is 0 Å². The average Bonchev–Trinajstić information content (AvgIpc) is 2.49. The summed E-state index contributed by atoms with van der Waals surface area (Å²) in [6, 6.07) is 0. The number of furan rings is 1. The number of hydrogen-bond acceptors (Lipinski definition) is 2. The van der Waals surface area contributed by atoms with Gasteiger partial charge in [0, 0.05) is 5.56 Å². The van der Waals surface area contributed by atoms with Gasteiger partial charge in [-0.1, -0.05) is 6.92 Å². The van der Waals surface area contributed by atoms with Crippen molar-refractivity contribution in [1.29, 1.82) is 0 Å². The Hall–Kier alpha value is -0.760. The van der Waals surface area contributed by atoms with E-state index in [4.69, 9.17) is 4.42 Å². The largest absolute Gasteiger partial charge is 0.466 e. The van der Waals surface area contributed by atoms with Gasteiger partial charge in [-0.05, 0) is 38.7 Å². The first kappa shape index (κ1) is 8.82. The van der Waals surface area contributed by atoms with Crippen molar-refractivity contribution < 1.29 is 9.52 Å². The molecule has 1 N–H and O–H groups in total. The van der Waals surface area contributed by atoms with Crippen LogP contribution in [0.1, 0.15) is 36.0 Å². The van der Waals surface area contributed by atoms with Crippen molar-refractivity contribution in [2.75, 3.05) is 0 Å². The molecule has 0 bridgehead atoms. The summed E-state index contributed by atoms with van der Waals surface area (Å²) in [5.41, 5.74) is 1.55. The summed E-state index contributed by atoms with van der Waals surface area (Å²) in [5, 5.41) is 10.2. The Morgan fingerprint density at radius 1 is 1.31 bits per heavy atom. The predicted octanol–water partition coefficient (Wildman–Crippen LogP) is 2.43. The second-order valence-electron chi connectivity index (χ2n) is 4.24. The first-order valence-corrected chi connectivity index (χ1v) is 4.76. The molecule has 1 fully saturated rings. The van der Waals surface area contributed by atoms with E-state index in [1.54, 1.807) is 0 Å². The normalized spacial score (nSPS) is 32.2. The van der Waals surface area contributed by atoms with Crippen LogP contribution in [0.15, 0.2) is 4.42 Å². The topological polar surface area (TPSA) is 33.4 Å². The van der Waals surface area contributed by atoms with E-state index in [9.17, 15) is 5.11 Å². The molecule has 2 rings (SSSR count). The monoisotopic (exact) mass is 180 g/mol. The average molecular weight is 180 g/mol. The fourth-order valence-corrected chi connectivity index (χ4v) is 2.18. The lowest BCUT2D eigenvalue weighted by Crippen LogP contribution is -2.09. The summed E-state index contributed by atoms with van der Waals surface area (Å²) in [5.74, 6) is 2.18. The second kappa shape index (κ2) is 2.38. The lowest BCUT2D eigenvalue weighted by atomic mass is 10.0. The number of aliphatic hydroxyl groups is 1. The van der Waals surface area contributed by atoms with Crippen LogP contribution in [-0.4, -0.2) is 5.11 Å². The van der Waals surface area contributed by atoms with Gasteiger partial charge in [0.2, 0.25) is 0 Å². The van der Waals surface area contributed by atoms with Crippen LogP contribution in [0.5, 0.6) is 0 Å². The summed E-state index contributed by atoms with van der Waals surface area (Å²) in [4.78, 5) is 0. The van der Waals surface area contributed by atoms with Gasteiger partial charge in [0.05, 0.1) is 5.60 Å². The summed E-state index contributed by atoms with van der Waals surface area (Å²) < 4.78 is 5.50. The van der Waals surface area contributed by atoms with Gasteiger partial charge in [0.1, 0.15) is 11.5 Å². The molecule has 1 aromatic heterocycles. The summed E-state index contributed by atoms with van der Waals surface area (Å²) in [6.45, 7) is 7.96. The Morgan fingerprint density at radius 2 is 1.85 bits per heavy atom. The molecule has 2 atom stereocenters. The van der Waals surface area contributed by atoms with Crippen molar-refractivity contribution in [3.8, 4) is 0 Å². The Bertz CT molecular complexity index is 351. The minimum Gasteiger partial charge on any atom is -0.466 e. The minimum atomic E-state index is -0.591. The SMILES string of the molecule is Cc1oc(C)c(C2(O)CC2C)c1C. The minimum absolute atomic E-state index is 0.377. The number of rotatable bonds is 1. The van der Waals surface area contributed by atoms with Crippen LogP contribution in [-0.2, 0) is 5.60 Å². The van der Waals surface area contributed by atoms with E-state index in [0.29, 0.717) is 5.92 Å². The third kappa shape index (κ3) is 1.05. The molecule has 0 aliphatic heterocycles. The predicted molar refractivity (Wildman–Crippen MR) is 50.6 cm³/mol. The van der Waals surface area contributed by atoms with Gasteiger partial charge in [-0.25, -0.2) is 0 Å². The maximum atomic E-state index is 10.2. The highest BCUT2D eigenvalue weighted by atomic mass is 16.3. The lowest BCUT2D eigenvalue weighted by Gasteiger charge is -2.08. The molecule has 0 aromatic carbocycles. The van der Waals surface area contributed by atoms with Crippen molar-refractivity contribution in [1.82, 2.24) is 0 Å². The van der Waals surface area contributed by atoms with Gasteiger partial charge in [-0.2, -0.15) is 0 Å². The van der Waals surface area contributed by atoms with E-state index < -0.39 is 5.60 Å². The zero-order valence-corrected chi connectivity index (χ0v) is 8.64. The third-order valence-electron chi connectivity index (χ3n) is 3.27. The fraction of sp³-hybridized carbons (Fsp3) is 0.636. The van der Waals surface area contributed by atoms with E-state index >= 15 is 0 Å². The Kier molecular flexibility index (Phi) is 1.62. The Labute approximate surface area is 78.6 Å². The van der Waals surface area contributed by atoms with Crippen molar-refractivity contribution >= 4 is 0 Å². The van der Waals surface area contributed by atoms with Gasteiger partial charge in [-0.15, -0.1) is 0 Å². The number of aryl methyl sites for hydroxylation is 2. The molecule has 1 saturated carbocycles.